The lowest BCUT2D eigenvalue weighted by Crippen LogP contribution is -2.46. The van der Waals surface area contributed by atoms with Crippen molar-refractivity contribution in [2.24, 2.45) is 5.73 Å². The van der Waals surface area contributed by atoms with Crippen molar-refractivity contribution in [3.05, 3.63) is 35.6 Å². The minimum absolute atomic E-state index is 0.172. The third kappa shape index (κ3) is 6.63. The van der Waals surface area contributed by atoms with Gasteiger partial charge in [0, 0.05) is 18.6 Å². The molecule has 0 bridgehead atoms. The van der Waals surface area contributed by atoms with Crippen LogP contribution < -0.4 is 5.73 Å². The smallest absolute Gasteiger partial charge is 0.320 e. The molecule has 0 heterocycles. The van der Waals surface area contributed by atoms with Gasteiger partial charge in [-0.3, -0.25) is 9.69 Å². The predicted octanol–water partition coefficient (Wildman–Crippen LogP) is 1.93. The van der Waals surface area contributed by atoms with Gasteiger partial charge in [0.05, 0.1) is 13.2 Å². The Balaban J connectivity index is 2.71. The fraction of sp³-hybridized carbons (Fsp3) is 0.533. The molecule has 0 atom stereocenters. The van der Waals surface area contributed by atoms with Gasteiger partial charge < -0.3 is 10.5 Å². The number of rotatable bonds is 7. The summed E-state index contributed by atoms with van der Waals surface area (Å²) in [4.78, 5) is 13.5. The van der Waals surface area contributed by atoms with Crippen LogP contribution in [0.3, 0.4) is 0 Å². The fourth-order valence-electron chi connectivity index (χ4n) is 1.98. The molecule has 1 aromatic carbocycles. The van der Waals surface area contributed by atoms with E-state index in [0.717, 1.165) is 5.56 Å². The van der Waals surface area contributed by atoms with E-state index in [2.05, 4.69) is 0 Å². The zero-order chi connectivity index (χ0) is 15.2. The van der Waals surface area contributed by atoms with Crippen LogP contribution in [0.25, 0.3) is 0 Å². The lowest BCUT2D eigenvalue weighted by Gasteiger charge is -2.29. The van der Waals surface area contributed by atoms with Crippen LogP contribution in [0.5, 0.6) is 0 Å². The SMILES string of the molecule is CCOC(=O)CN(Cc1ccc(F)cc1)CC(C)(C)N. The Morgan fingerprint density at radius 2 is 1.95 bits per heavy atom. The van der Waals surface area contributed by atoms with E-state index in [-0.39, 0.29) is 18.3 Å². The van der Waals surface area contributed by atoms with Crippen LogP contribution in [-0.2, 0) is 16.1 Å². The van der Waals surface area contributed by atoms with E-state index < -0.39 is 5.54 Å². The maximum absolute atomic E-state index is 12.9. The highest BCUT2D eigenvalue weighted by Crippen LogP contribution is 2.10. The first-order valence-electron chi connectivity index (χ1n) is 6.71. The van der Waals surface area contributed by atoms with Gasteiger partial charge in [-0.25, -0.2) is 4.39 Å². The summed E-state index contributed by atoms with van der Waals surface area (Å²) in [5.74, 6) is -0.552. The highest BCUT2D eigenvalue weighted by atomic mass is 19.1. The van der Waals surface area contributed by atoms with Crippen LogP contribution in [-0.4, -0.2) is 36.1 Å². The number of esters is 1. The van der Waals surface area contributed by atoms with Crippen LogP contribution in [0.1, 0.15) is 26.3 Å². The normalized spacial score (nSPS) is 11.7. The zero-order valence-corrected chi connectivity index (χ0v) is 12.4. The molecule has 0 aliphatic rings. The number of hydrogen-bond acceptors (Lipinski definition) is 4. The largest absolute Gasteiger partial charge is 0.465 e. The van der Waals surface area contributed by atoms with E-state index in [1.807, 2.05) is 18.7 Å². The van der Waals surface area contributed by atoms with Gasteiger partial charge in [-0.15, -0.1) is 0 Å². The topological polar surface area (TPSA) is 55.6 Å². The van der Waals surface area contributed by atoms with E-state index in [9.17, 15) is 9.18 Å². The fourth-order valence-corrected chi connectivity index (χ4v) is 1.98. The van der Waals surface area contributed by atoms with E-state index in [4.69, 9.17) is 10.5 Å². The van der Waals surface area contributed by atoms with Gasteiger partial charge in [0.25, 0.3) is 0 Å². The summed E-state index contributed by atoms with van der Waals surface area (Å²) in [5, 5.41) is 0. The van der Waals surface area contributed by atoms with Gasteiger partial charge in [-0.1, -0.05) is 12.1 Å². The van der Waals surface area contributed by atoms with E-state index in [1.54, 1.807) is 19.1 Å². The molecule has 0 radical (unpaired) electrons. The molecule has 2 N–H and O–H groups in total. The Morgan fingerprint density at radius 3 is 2.45 bits per heavy atom. The molecular formula is C15H23FN2O2. The maximum Gasteiger partial charge on any atom is 0.320 e. The molecule has 0 saturated carbocycles. The van der Waals surface area contributed by atoms with Crippen molar-refractivity contribution in [2.45, 2.75) is 32.9 Å². The Bertz CT molecular complexity index is 426. The van der Waals surface area contributed by atoms with Crippen LogP contribution in [0, 0.1) is 5.82 Å². The van der Waals surface area contributed by atoms with Gasteiger partial charge in [0.1, 0.15) is 5.82 Å². The molecule has 0 aliphatic carbocycles. The molecule has 5 heteroatoms. The summed E-state index contributed by atoms with van der Waals surface area (Å²) in [6.07, 6.45) is 0. The average Bonchev–Trinajstić information content (AvgIpc) is 2.30. The molecule has 0 unspecified atom stereocenters. The number of halogens is 1. The quantitative estimate of drug-likeness (QED) is 0.776. The van der Waals surface area contributed by atoms with Gasteiger partial charge in [-0.05, 0) is 38.5 Å². The molecule has 1 rings (SSSR count). The van der Waals surface area contributed by atoms with Crippen molar-refractivity contribution in [3.63, 3.8) is 0 Å². The molecule has 0 fully saturated rings. The van der Waals surface area contributed by atoms with Crippen molar-refractivity contribution >= 4 is 5.97 Å². The standard InChI is InChI=1S/C15H23FN2O2/c1-4-20-14(19)10-18(11-15(2,3)17)9-12-5-7-13(16)8-6-12/h5-8H,4,9-11,17H2,1-3H3. The summed E-state index contributed by atoms with van der Waals surface area (Å²) in [6.45, 7) is 7.17. The molecule has 0 aromatic heterocycles. The second-order valence-corrected chi connectivity index (χ2v) is 5.57. The van der Waals surface area contributed by atoms with E-state index in [0.29, 0.717) is 19.7 Å². The molecular weight excluding hydrogens is 259 g/mol. The summed E-state index contributed by atoms with van der Waals surface area (Å²) >= 11 is 0. The molecule has 20 heavy (non-hydrogen) atoms. The first-order valence-corrected chi connectivity index (χ1v) is 6.71. The van der Waals surface area contributed by atoms with Crippen molar-refractivity contribution in [1.29, 1.82) is 0 Å². The Morgan fingerprint density at radius 1 is 1.35 bits per heavy atom. The maximum atomic E-state index is 12.9. The number of hydrogen-bond donors (Lipinski definition) is 1. The van der Waals surface area contributed by atoms with Crippen molar-refractivity contribution < 1.29 is 13.9 Å². The predicted molar refractivity (Wildman–Crippen MR) is 76.6 cm³/mol. The third-order valence-corrected chi connectivity index (χ3v) is 2.61. The molecule has 4 nitrogen and oxygen atoms in total. The second kappa shape index (κ2) is 7.36. The van der Waals surface area contributed by atoms with Crippen molar-refractivity contribution in [2.75, 3.05) is 19.7 Å². The van der Waals surface area contributed by atoms with Gasteiger partial charge in [0.2, 0.25) is 0 Å². The van der Waals surface area contributed by atoms with Crippen LogP contribution in [0.15, 0.2) is 24.3 Å². The first-order chi connectivity index (χ1) is 9.30. The van der Waals surface area contributed by atoms with Gasteiger partial charge in [-0.2, -0.15) is 0 Å². The number of carbonyl (C=O) groups is 1. The average molecular weight is 282 g/mol. The highest BCUT2D eigenvalue weighted by Gasteiger charge is 2.19. The second-order valence-electron chi connectivity index (χ2n) is 5.57. The van der Waals surface area contributed by atoms with E-state index >= 15 is 0 Å². The van der Waals surface area contributed by atoms with Crippen molar-refractivity contribution in [3.8, 4) is 0 Å². The minimum atomic E-state index is -0.424. The Labute approximate surface area is 119 Å². The highest BCUT2D eigenvalue weighted by molar-refractivity contribution is 5.71. The van der Waals surface area contributed by atoms with E-state index in [1.165, 1.54) is 12.1 Å². The van der Waals surface area contributed by atoms with Gasteiger partial charge >= 0.3 is 5.97 Å². The summed E-state index contributed by atoms with van der Waals surface area (Å²) in [7, 11) is 0. The number of nitrogens with zero attached hydrogens (tertiary/aromatic N) is 1. The Kier molecular flexibility index (Phi) is 6.10. The van der Waals surface area contributed by atoms with Crippen LogP contribution >= 0.6 is 0 Å². The monoisotopic (exact) mass is 282 g/mol. The summed E-state index contributed by atoms with van der Waals surface area (Å²) in [5.41, 5.74) is 6.52. The molecule has 0 amide bonds. The number of nitrogens with two attached hydrogens (primary N) is 1. The number of ether oxygens (including phenoxy) is 1. The first kappa shape index (κ1) is 16.6. The lowest BCUT2D eigenvalue weighted by atomic mass is 10.1. The summed E-state index contributed by atoms with van der Waals surface area (Å²) < 4.78 is 17.9. The van der Waals surface area contributed by atoms with Gasteiger partial charge in [0.15, 0.2) is 0 Å². The minimum Gasteiger partial charge on any atom is -0.465 e. The summed E-state index contributed by atoms with van der Waals surface area (Å²) in [6, 6.07) is 6.23. The lowest BCUT2D eigenvalue weighted by molar-refractivity contribution is -0.144. The van der Waals surface area contributed by atoms with Crippen molar-refractivity contribution in [1.82, 2.24) is 4.90 Å². The molecule has 1 aromatic rings. The van der Waals surface area contributed by atoms with Crippen LogP contribution in [0.4, 0.5) is 4.39 Å². The molecule has 0 spiro atoms. The number of carbonyl (C=O) groups excluding carboxylic acids is 1. The Hall–Kier alpha value is -1.46. The molecule has 112 valence electrons. The zero-order valence-electron chi connectivity index (χ0n) is 12.4. The third-order valence-electron chi connectivity index (χ3n) is 2.61. The van der Waals surface area contributed by atoms with Crippen LogP contribution in [0.2, 0.25) is 0 Å². The number of benzene rings is 1. The molecule has 0 aliphatic heterocycles. The molecule has 0 saturated heterocycles.